The highest BCUT2D eigenvalue weighted by atomic mass is 79.9. The van der Waals surface area contributed by atoms with Crippen LogP contribution in [0, 0.1) is 0 Å². The lowest BCUT2D eigenvalue weighted by Crippen LogP contribution is -2.15. The summed E-state index contributed by atoms with van der Waals surface area (Å²) in [5.41, 5.74) is 0.146. The van der Waals surface area contributed by atoms with E-state index in [1.807, 2.05) is 0 Å². The minimum Gasteiger partial charge on any atom is -0.479 e. The number of pyridine rings is 1. The number of carbonyl (C=O) groups is 2. The van der Waals surface area contributed by atoms with Crippen LogP contribution in [0.4, 0.5) is 0 Å². The van der Waals surface area contributed by atoms with E-state index in [1.54, 1.807) is 6.92 Å². The van der Waals surface area contributed by atoms with Crippen LogP contribution in [0.2, 0.25) is 0 Å². The molecule has 0 aromatic carbocycles. The normalized spacial score (nSPS) is 9.72. The van der Waals surface area contributed by atoms with Crippen molar-refractivity contribution in [2.45, 2.75) is 6.92 Å². The molecular weight excluding hydrogens is 306 g/mol. The zero-order chi connectivity index (χ0) is 13.5. The number of carbonyl (C=O) groups excluding carboxylic acids is 2. The lowest BCUT2D eigenvalue weighted by molar-refractivity contribution is -0.145. The molecule has 0 saturated heterocycles. The van der Waals surface area contributed by atoms with Crippen molar-refractivity contribution in [2.24, 2.45) is 0 Å². The van der Waals surface area contributed by atoms with E-state index in [0.29, 0.717) is 17.0 Å². The Balaban J connectivity index is 2.68. The van der Waals surface area contributed by atoms with Crippen molar-refractivity contribution in [3.8, 4) is 5.75 Å². The maximum atomic E-state index is 11.2. The second-order valence-corrected chi connectivity index (χ2v) is 3.82. The van der Waals surface area contributed by atoms with Gasteiger partial charge in [0.25, 0.3) is 0 Å². The van der Waals surface area contributed by atoms with Crippen LogP contribution >= 0.6 is 15.9 Å². The third-order valence-corrected chi connectivity index (χ3v) is 2.43. The Morgan fingerprint density at radius 1 is 1.39 bits per heavy atom. The van der Waals surface area contributed by atoms with Gasteiger partial charge in [-0.15, -0.1) is 0 Å². The molecule has 1 aromatic heterocycles. The second-order valence-electron chi connectivity index (χ2n) is 3.07. The summed E-state index contributed by atoms with van der Waals surface area (Å²) in [4.78, 5) is 26.2. The molecule has 1 rings (SSSR count). The number of esters is 2. The van der Waals surface area contributed by atoms with Gasteiger partial charge in [0, 0.05) is 0 Å². The van der Waals surface area contributed by atoms with Gasteiger partial charge in [-0.2, -0.15) is 0 Å². The van der Waals surface area contributed by atoms with Crippen molar-refractivity contribution in [3.05, 3.63) is 22.4 Å². The van der Waals surface area contributed by atoms with Gasteiger partial charge in [-0.1, -0.05) is 0 Å². The summed E-state index contributed by atoms with van der Waals surface area (Å²) in [7, 11) is 1.27. The van der Waals surface area contributed by atoms with E-state index < -0.39 is 11.9 Å². The van der Waals surface area contributed by atoms with Crippen LogP contribution in [0.5, 0.6) is 5.75 Å². The van der Waals surface area contributed by atoms with Gasteiger partial charge in [0.15, 0.2) is 12.4 Å². The van der Waals surface area contributed by atoms with E-state index in [2.05, 4.69) is 25.7 Å². The highest BCUT2D eigenvalue weighted by Gasteiger charge is 2.12. The summed E-state index contributed by atoms with van der Waals surface area (Å²) in [6.45, 7) is 1.79. The average molecular weight is 318 g/mol. The summed E-state index contributed by atoms with van der Waals surface area (Å²) in [5, 5.41) is 0. The van der Waals surface area contributed by atoms with Gasteiger partial charge >= 0.3 is 11.9 Å². The molecular formula is C11H12BrNO5. The number of aromatic nitrogens is 1. The van der Waals surface area contributed by atoms with Crippen molar-refractivity contribution >= 4 is 27.9 Å². The van der Waals surface area contributed by atoms with Gasteiger partial charge in [-0.3, -0.25) is 0 Å². The van der Waals surface area contributed by atoms with Crippen LogP contribution in [0.15, 0.2) is 16.7 Å². The minimum atomic E-state index is -0.548. The van der Waals surface area contributed by atoms with Crippen LogP contribution < -0.4 is 4.74 Å². The van der Waals surface area contributed by atoms with Crippen molar-refractivity contribution in [2.75, 3.05) is 20.3 Å². The number of rotatable bonds is 5. The summed E-state index contributed by atoms with van der Waals surface area (Å²) >= 11 is 3.14. The summed E-state index contributed by atoms with van der Waals surface area (Å²) in [6, 6.07) is 2.96. The zero-order valence-corrected chi connectivity index (χ0v) is 11.5. The zero-order valence-electron chi connectivity index (χ0n) is 9.94. The molecule has 0 aliphatic rings. The Bertz CT molecular complexity index is 449. The molecule has 98 valence electrons. The Hall–Kier alpha value is -1.63. The first-order valence-corrected chi connectivity index (χ1v) is 5.91. The third kappa shape index (κ3) is 3.99. The molecule has 1 aromatic rings. The van der Waals surface area contributed by atoms with Crippen LogP contribution in [-0.4, -0.2) is 37.2 Å². The van der Waals surface area contributed by atoms with Gasteiger partial charge in [0.1, 0.15) is 10.3 Å². The number of nitrogens with zero attached hydrogens (tertiary/aromatic N) is 1. The maximum Gasteiger partial charge on any atom is 0.356 e. The fraction of sp³-hybridized carbons (Fsp3) is 0.364. The third-order valence-electron chi connectivity index (χ3n) is 1.86. The van der Waals surface area contributed by atoms with E-state index in [-0.39, 0.29) is 12.3 Å². The van der Waals surface area contributed by atoms with Crippen molar-refractivity contribution < 1.29 is 23.8 Å². The molecule has 0 aliphatic heterocycles. The van der Waals surface area contributed by atoms with E-state index >= 15 is 0 Å². The SMILES string of the molecule is CCOC(=O)COc1ccc(C(=O)OC)nc1Br. The molecule has 0 atom stereocenters. The number of ether oxygens (including phenoxy) is 3. The Morgan fingerprint density at radius 3 is 2.67 bits per heavy atom. The Labute approximate surface area is 112 Å². The average Bonchev–Trinajstić information content (AvgIpc) is 2.36. The molecule has 0 N–H and O–H groups in total. The Morgan fingerprint density at radius 2 is 2.11 bits per heavy atom. The molecule has 0 fully saturated rings. The molecule has 7 heteroatoms. The molecule has 0 spiro atoms. The molecule has 0 radical (unpaired) electrons. The highest BCUT2D eigenvalue weighted by Crippen LogP contribution is 2.23. The minimum absolute atomic E-state index is 0.146. The number of halogens is 1. The quantitative estimate of drug-likeness (QED) is 0.606. The summed E-state index contributed by atoms with van der Waals surface area (Å²) in [5.74, 6) is -0.676. The van der Waals surface area contributed by atoms with Gasteiger partial charge < -0.3 is 14.2 Å². The first kappa shape index (κ1) is 14.4. The first-order valence-electron chi connectivity index (χ1n) is 5.11. The number of methoxy groups -OCH3 is 1. The van der Waals surface area contributed by atoms with Gasteiger partial charge in [-0.25, -0.2) is 14.6 Å². The topological polar surface area (TPSA) is 74.7 Å². The molecule has 18 heavy (non-hydrogen) atoms. The van der Waals surface area contributed by atoms with Crippen LogP contribution in [-0.2, 0) is 14.3 Å². The van der Waals surface area contributed by atoms with Crippen molar-refractivity contribution in [1.82, 2.24) is 4.98 Å². The standard InChI is InChI=1S/C11H12BrNO5/c1-3-17-9(14)6-18-8-5-4-7(11(15)16-2)13-10(8)12/h4-5H,3,6H2,1-2H3. The lowest BCUT2D eigenvalue weighted by atomic mass is 10.3. The fourth-order valence-electron chi connectivity index (χ4n) is 1.09. The predicted octanol–water partition coefficient (Wildman–Crippen LogP) is 1.57. The number of hydrogen-bond acceptors (Lipinski definition) is 6. The molecule has 0 amide bonds. The van der Waals surface area contributed by atoms with E-state index in [1.165, 1.54) is 19.2 Å². The van der Waals surface area contributed by atoms with Crippen molar-refractivity contribution in [3.63, 3.8) is 0 Å². The highest BCUT2D eigenvalue weighted by molar-refractivity contribution is 9.10. The predicted molar refractivity (Wildman–Crippen MR) is 65.4 cm³/mol. The van der Waals surface area contributed by atoms with Crippen molar-refractivity contribution in [1.29, 1.82) is 0 Å². The maximum absolute atomic E-state index is 11.2. The van der Waals surface area contributed by atoms with E-state index in [4.69, 9.17) is 9.47 Å². The molecule has 0 aliphatic carbocycles. The molecule has 1 heterocycles. The molecule has 6 nitrogen and oxygen atoms in total. The van der Waals surface area contributed by atoms with Crippen LogP contribution in [0.1, 0.15) is 17.4 Å². The second kappa shape index (κ2) is 6.95. The molecule has 0 saturated carbocycles. The van der Waals surface area contributed by atoms with Gasteiger partial charge in [-0.05, 0) is 35.0 Å². The summed E-state index contributed by atoms with van der Waals surface area (Å²) in [6.07, 6.45) is 0. The number of hydrogen-bond donors (Lipinski definition) is 0. The van der Waals surface area contributed by atoms with E-state index in [0.717, 1.165) is 0 Å². The van der Waals surface area contributed by atoms with Gasteiger partial charge in [0.2, 0.25) is 0 Å². The smallest absolute Gasteiger partial charge is 0.356 e. The largest absolute Gasteiger partial charge is 0.479 e. The lowest BCUT2D eigenvalue weighted by Gasteiger charge is -2.07. The van der Waals surface area contributed by atoms with Crippen LogP contribution in [0.25, 0.3) is 0 Å². The Kier molecular flexibility index (Phi) is 5.57. The first-order chi connectivity index (χ1) is 8.58. The molecule has 0 unspecified atom stereocenters. The monoisotopic (exact) mass is 317 g/mol. The summed E-state index contributed by atoms with van der Waals surface area (Å²) < 4.78 is 14.7. The van der Waals surface area contributed by atoms with Gasteiger partial charge in [0.05, 0.1) is 13.7 Å². The van der Waals surface area contributed by atoms with Crippen LogP contribution in [0.3, 0.4) is 0 Å². The fourth-order valence-corrected chi connectivity index (χ4v) is 1.52. The molecule has 0 bridgehead atoms. The van der Waals surface area contributed by atoms with E-state index in [9.17, 15) is 9.59 Å².